The molecule has 0 fully saturated rings. The maximum absolute atomic E-state index is 13.5. The van der Waals surface area contributed by atoms with Gasteiger partial charge in [0.1, 0.15) is 11.2 Å². The van der Waals surface area contributed by atoms with E-state index in [0.29, 0.717) is 65.2 Å². The number of hydrogen-bond acceptors (Lipinski definition) is 8. The van der Waals surface area contributed by atoms with E-state index >= 15 is 0 Å². The summed E-state index contributed by atoms with van der Waals surface area (Å²) in [6.45, 7) is 12.5. The number of H-pyrrole nitrogens is 1. The number of nitrogens with one attached hydrogen (secondary N) is 2. The fourth-order valence-electron chi connectivity index (χ4n) is 4.61. The summed E-state index contributed by atoms with van der Waals surface area (Å²) in [4.78, 5) is 34.1. The van der Waals surface area contributed by atoms with Crippen LogP contribution >= 0.6 is 0 Å². The number of fused-ring (bicyclic) bond motifs is 1. The van der Waals surface area contributed by atoms with E-state index in [2.05, 4.69) is 20.5 Å². The average molecular weight is 572 g/mol. The van der Waals surface area contributed by atoms with Gasteiger partial charge in [-0.2, -0.15) is 19.9 Å². The van der Waals surface area contributed by atoms with E-state index in [1.54, 1.807) is 29.8 Å². The third-order valence-electron chi connectivity index (χ3n) is 6.67. The number of amides is 1. The largest absolute Gasteiger partial charge is 0.490 e. The molecular weight excluding hydrogens is 538 g/mol. The lowest BCUT2D eigenvalue weighted by Crippen LogP contribution is -2.19. The summed E-state index contributed by atoms with van der Waals surface area (Å²) in [5.74, 6) is 1.23. The number of aryl methyl sites for hydroxylation is 2. The second-order valence-electron chi connectivity index (χ2n) is 9.54. The Kier molecular flexibility index (Phi) is 7.96. The first kappa shape index (κ1) is 28.4. The molecule has 1 amide bonds. The summed E-state index contributed by atoms with van der Waals surface area (Å²) in [7, 11) is 0. The van der Waals surface area contributed by atoms with Gasteiger partial charge >= 0.3 is 0 Å². The molecule has 0 bridgehead atoms. The molecule has 12 nitrogen and oxygen atoms in total. The highest BCUT2D eigenvalue weighted by molar-refractivity contribution is 6.04. The smallest absolute Gasteiger partial charge is 0.263 e. The molecule has 42 heavy (non-hydrogen) atoms. The average Bonchev–Trinajstić information content (AvgIpc) is 3.55. The topological polar surface area (TPSA) is 138 Å². The first-order chi connectivity index (χ1) is 20.2. The second-order valence-corrected chi connectivity index (χ2v) is 9.54. The molecule has 2 N–H and O–H groups in total. The van der Waals surface area contributed by atoms with Gasteiger partial charge in [0.05, 0.1) is 37.4 Å². The molecule has 0 saturated heterocycles. The summed E-state index contributed by atoms with van der Waals surface area (Å²) in [6, 6.07) is 10.8. The molecule has 0 unspecified atom stereocenters. The molecule has 0 aliphatic heterocycles. The van der Waals surface area contributed by atoms with Crippen LogP contribution in [0.5, 0.6) is 17.2 Å². The molecule has 5 aromatic rings. The van der Waals surface area contributed by atoms with E-state index in [1.165, 1.54) is 10.9 Å². The van der Waals surface area contributed by atoms with Gasteiger partial charge in [0, 0.05) is 11.6 Å². The second kappa shape index (κ2) is 11.8. The van der Waals surface area contributed by atoms with Crippen molar-refractivity contribution >= 4 is 22.8 Å². The minimum absolute atomic E-state index is 0.125. The van der Waals surface area contributed by atoms with Gasteiger partial charge in [-0.05, 0) is 70.9 Å². The molecule has 0 aliphatic rings. The molecule has 0 saturated carbocycles. The van der Waals surface area contributed by atoms with Crippen LogP contribution in [0.2, 0.25) is 0 Å². The predicted octanol–water partition coefficient (Wildman–Crippen LogP) is 4.67. The molecule has 5 rings (SSSR count). The van der Waals surface area contributed by atoms with Crippen LogP contribution in [-0.4, -0.2) is 55.3 Å². The predicted molar refractivity (Wildman–Crippen MR) is 159 cm³/mol. The van der Waals surface area contributed by atoms with Gasteiger partial charge in [-0.15, -0.1) is 0 Å². The summed E-state index contributed by atoms with van der Waals surface area (Å²) >= 11 is 0. The Labute approximate surface area is 242 Å². The Hall–Kier alpha value is -5.13. The third kappa shape index (κ3) is 5.30. The Balaban J connectivity index is 1.56. The van der Waals surface area contributed by atoms with E-state index in [9.17, 15) is 9.59 Å². The van der Waals surface area contributed by atoms with Gasteiger partial charge in [-0.3, -0.25) is 14.6 Å². The van der Waals surface area contributed by atoms with Crippen molar-refractivity contribution in [3.63, 3.8) is 0 Å². The molecule has 3 aromatic heterocycles. The molecule has 0 spiro atoms. The maximum atomic E-state index is 13.5. The number of nitrogens with zero attached hydrogens (tertiary/aromatic N) is 5. The Morgan fingerprint density at radius 3 is 2.31 bits per heavy atom. The molecule has 0 atom stereocenters. The number of carbonyl (C=O) groups excluding carboxylic acids is 1. The number of hydrogen-bond donors (Lipinski definition) is 2. The van der Waals surface area contributed by atoms with Gasteiger partial charge < -0.3 is 19.5 Å². The van der Waals surface area contributed by atoms with Crippen LogP contribution in [0, 0.1) is 20.8 Å². The highest BCUT2D eigenvalue weighted by atomic mass is 16.5. The zero-order valence-corrected chi connectivity index (χ0v) is 24.4. The van der Waals surface area contributed by atoms with Crippen molar-refractivity contribution < 1.29 is 19.0 Å². The number of aromatic amines is 1. The van der Waals surface area contributed by atoms with Crippen molar-refractivity contribution in [1.29, 1.82) is 0 Å². The summed E-state index contributed by atoms with van der Waals surface area (Å²) in [5, 5.41) is 12.2. The Morgan fingerprint density at radius 1 is 0.952 bits per heavy atom. The highest BCUT2D eigenvalue weighted by Gasteiger charge is 2.21. The third-order valence-corrected chi connectivity index (χ3v) is 6.67. The van der Waals surface area contributed by atoms with Crippen LogP contribution < -0.4 is 25.1 Å². The number of benzene rings is 2. The fourth-order valence-corrected chi connectivity index (χ4v) is 4.61. The lowest BCUT2D eigenvalue weighted by molar-refractivity contribution is 0.102. The molecule has 2 aromatic carbocycles. The number of carbonyl (C=O) groups is 1. The number of rotatable bonds is 10. The van der Waals surface area contributed by atoms with Crippen LogP contribution in [0.1, 0.15) is 48.0 Å². The number of anilines is 1. The Bertz CT molecular complexity index is 1810. The number of ether oxygens (including phenoxy) is 3. The lowest BCUT2D eigenvalue weighted by Gasteiger charge is -2.17. The normalized spacial score (nSPS) is 11.1. The fraction of sp³-hybridized carbons (Fsp3) is 0.300. The summed E-state index contributed by atoms with van der Waals surface area (Å²) < 4.78 is 20.3. The van der Waals surface area contributed by atoms with Crippen molar-refractivity contribution in [1.82, 2.24) is 29.5 Å². The van der Waals surface area contributed by atoms with Crippen LogP contribution in [0.15, 0.2) is 47.4 Å². The monoisotopic (exact) mass is 571 g/mol. The van der Waals surface area contributed by atoms with Gasteiger partial charge in [-0.1, -0.05) is 12.1 Å². The zero-order chi connectivity index (χ0) is 30.0. The number of aromatic nitrogens is 6. The molecule has 218 valence electrons. The van der Waals surface area contributed by atoms with Crippen molar-refractivity contribution in [3.05, 3.63) is 75.3 Å². The van der Waals surface area contributed by atoms with Crippen LogP contribution in [0.3, 0.4) is 0 Å². The molecule has 12 heteroatoms. The maximum Gasteiger partial charge on any atom is 0.263 e. The van der Waals surface area contributed by atoms with Crippen molar-refractivity contribution in [2.45, 2.75) is 41.5 Å². The van der Waals surface area contributed by atoms with E-state index < -0.39 is 5.91 Å². The van der Waals surface area contributed by atoms with Crippen LogP contribution in [0.25, 0.3) is 22.7 Å². The zero-order valence-electron chi connectivity index (χ0n) is 24.4. The minimum Gasteiger partial charge on any atom is -0.490 e. The van der Waals surface area contributed by atoms with Gasteiger partial charge in [0.2, 0.25) is 11.7 Å². The molecule has 3 heterocycles. The minimum atomic E-state index is -0.440. The van der Waals surface area contributed by atoms with E-state index in [0.717, 1.165) is 16.8 Å². The van der Waals surface area contributed by atoms with Gasteiger partial charge in [0.25, 0.3) is 11.5 Å². The van der Waals surface area contributed by atoms with Gasteiger partial charge in [-0.25, -0.2) is 4.68 Å². The van der Waals surface area contributed by atoms with E-state index in [-0.39, 0.29) is 11.5 Å². The molecular formula is C30H33N7O5. The van der Waals surface area contributed by atoms with E-state index in [1.807, 2.05) is 52.8 Å². The van der Waals surface area contributed by atoms with Crippen molar-refractivity contribution in [2.75, 3.05) is 25.1 Å². The highest BCUT2D eigenvalue weighted by Crippen LogP contribution is 2.39. The summed E-state index contributed by atoms with van der Waals surface area (Å²) in [6.07, 6.45) is 1.49. The van der Waals surface area contributed by atoms with Gasteiger partial charge in [0.15, 0.2) is 17.1 Å². The van der Waals surface area contributed by atoms with Crippen molar-refractivity contribution in [3.8, 4) is 28.9 Å². The quantitative estimate of drug-likeness (QED) is 0.247. The molecule has 0 aliphatic carbocycles. The first-order valence-electron chi connectivity index (χ1n) is 13.7. The van der Waals surface area contributed by atoms with E-state index in [4.69, 9.17) is 19.2 Å². The Morgan fingerprint density at radius 2 is 1.64 bits per heavy atom. The SMILES string of the molecule is CCOc1cc(C(=O)Nc2cc(C)nn2-c2nc3c(cnn3-c3cccc(C)c3C)c(=O)[nH]2)cc(OCC)c1OCC. The van der Waals surface area contributed by atoms with Crippen LogP contribution in [0.4, 0.5) is 5.82 Å². The van der Waals surface area contributed by atoms with Crippen LogP contribution in [-0.2, 0) is 0 Å². The first-order valence-corrected chi connectivity index (χ1v) is 13.7. The van der Waals surface area contributed by atoms with Crippen molar-refractivity contribution in [2.24, 2.45) is 0 Å². The molecule has 0 radical (unpaired) electrons. The lowest BCUT2D eigenvalue weighted by atomic mass is 10.1. The summed E-state index contributed by atoms with van der Waals surface area (Å²) in [5.41, 5.74) is 3.79. The standard InChI is InChI=1S/C30H33N7O5/c1-7-40-23-14-20(15-24(41-8-2)26(23)42-9-3)28(38)32-25-13-18(5)35-37(25)30-33-27-21(29(39)34-30)16-31-36(27)22-12-10-11-17(4)19(22)6/h10-16H,7-9H2,1-6H3,(H,32,38)(H,33,34,39).